The molecule has 2 heterocycles. The average molecular weight is 412 g/mol. The van der Waals surface area contributed by atoms with Crippen molar-refractivity contribution in [3.8, 4) is 17.2 Å². The van der Waals surface area contributed by atoms with Crippen LogP contribution < -0.4 is 9.47 Å². The van der Waals surface area contributed by atoms with E-state index in [9.17, 15) is 9.90 Å². The van der Waals surface area contributed by atoms with E-state index in [1.165, 1.54) is 14.2 Å². The van der Waals surface area contributed by atoms with Crippen molar-refractivity contribution < 1.29 is 33.6 Å². The minimum Gasteiger partial charge on any atom is -0.502 e. The standard InChI is InChI=1S/C23H24O7/c1-26-18-9-13(10-19(27-2)22(18)24)20-15-3-4-16-17(29-6-5-28-16)8-12(15)7-14-11-30-23(25)21(14)20/h4,8-10,14,20-21,24H,3,5-7,11H2,1-2H3. The van der Waals surface area contributed by atoms with Crippen molar-refractivity contribution in [3.05, 3.63) is 52.5 Å². The van der Waals surface area contributed by atoms with Gasteiger partial charge in [0.25, 0.3) is 0 Å². The molecule has 0 bridgehead atoms. The SMILES string of the molecule is COc1cc(C2C3=C(C=C4OCCOC4=CC3)CC3COC(=O)C32)cc(OC)c1O. The summed E-state index contributed by atoms with van der Waals surface area (Å²) in [7, 11) is 2.99. The maximum absolute atomic E-state index is 12.7. The molecule has 30 heavy (non-hydrogen) atoms. The van der Waals surface area contributed by atoms with Gasteiger partial charge >= 0.3 is 5.97 Å². The number of rotatable bonds is 3. The highest BCUT2D eigenvalue weighted by Gasteiger charge is 2.48. The maximum atomic E-state index is 12.7. The fourth-order valence-electron chi connectivity index (χ4n) is 5.00. The molecule has 2 fully saturated rings. The zero-order valence-electron chi connectivity index (χ0n) is 17.0. The van der Waals surface area contributed by atoms with Gasteiger partial charge in [-0.05, 0) is 48.3 Å². The lowest BCUT2D eigenvalue weighted by atomic mass is 9.67. The molecule has 1 N–H and O–H groups in total. The van der Waals surface area contributed by atoms with E-state index < -0.39 is 0 Å². The highest BCUT2D eigenvalue weighted by molar-refractivity contribution is 5.78. The van der Waals surface area contributed by atoms with Crippen LogP contribution in [0.1, 0.15) is 24.3 Å². The first-order valence-corrected chi connectivity index (χ1v) is 10.1. The smallest absolute Gasteiger partial charge is 0.310 e. The number of ether oxygens (including phenoxy) is 5. The van der Waals surface area contributed by atoms with Gasteiger partial charge in [0.15, 0.2) is 23.0 Å². The van der Waals surface area contributed by atoms with E-state index in [4.69, 9.17) is 23.7 Å². The molecule has 0 spiro atoms. The zero-order chi connectivity index (χ0) is 20.8. The molecule has 4 aliphatic rings. The highest BCUT2D eigenvalue weighted by Crippen LogP contribution is 2.53. The normalized spacial score (nSPS) is 27.3. The Morgan fingerprint density at radius 3 is 2.43 bits per heavy atom. The van der Waals surface area contributed by atoms with Crippen LogP contribution in [0.3, 0.4) is 0 Å². The summed E-state index contributed by atoms with van der Waals surface area (Å²) in [5.74, 6) is 1.45. The zero-order valence-corrected chi connectivity index (χ0v) is 17.0. The van der Waals surface area contributed by atoms with Crippen LogP contribution in [0.5, 0.6) is 17.2 Å². The number of allylic oxidation sites excluding steroid dienone is 4. The van der Waals surface area contributed by atoms with E-state index in [1.807, 2.05) is 12.2 Å². The predicted octanol–water partition coefficient (Wildman–Crippen LogP) is 3.20. The van der Waals surface area contributed by atoms with E-state index in [0.717, 1.165) is 34.6 Å². The summed E-state index contributed by atoms with van der Waals surface area (Å²) in [5.41, 5.74) is 3.13. The Kier molecular flexibility index (Phi) is 4.60. The number of fused-ring (bicyclic) bond motifs is 2. The molecule has 1 aromatic carbocycles. The Labute approximate surface area is 174 Å². The number of cyclic esters (lactones) is 1. The van der Waals surface area contributed by atoms with Crippen molar-refractivity contribution >= 4 is 5.97 Å². The molecule has 0 amide bonds. The fourth-order valence-corrected chi connectivity index (χ4v) is 5.00. The average Bonchev–Trinajstić information content (AvgIpc) is 3.02. The van der Waals surface area contributed by atoms with Crippen LogP contribution in [0.2, 0.25) is 0 Å². The minimum absolute atomic E-state index is 0.0581. The van der Waals surface area contributed by atoms with Crippen LogP contribution in [0.15, 0.2) is 46.9 Å². The Morgan fingerprint density at radius 2 is 1.73 bits per heavy atom. The van der Waals surface area contributed by atoms with Gasteiger partial charge in [-0.15, -0.1) is 0 Å². The Morgan fingerprint density at radius 1 is 1.03 bits per heavy atom. The number of hydrogen-bond acceptors (Lipinski definition) is 7. The lowest BCUT2D eigenvalue weighted by Crippen LogP contribution is -2.30. The molecule has 2 aliphatic carbocycles. The van der Waals surface area contributed by atoms with Crippen molar-refractivity contribution in [1.29, 1.82) is 0 Å². The van der Waals surface area contributed by atoms with Crippen molar-refractivity contribution in [2.45, 2.75) is 18.8 Å². The van der Waals surface area contributed by atoms with E-state index in [0.29, 0.717) is 37.7 Å². The van der Waals surface area contributed by atoms with E-state index >= 15 is 0 Å². The molecule has 7 nitrogen and oxygen atoms in total. The van der Waals surface area contributed by atoms with Crippen LogP contribution in [0, 0.1) is 11.8 Å². The van der Waals surface area contributed by atoms with Crippen LogP contribution in [0.25, 0.3) is 0 Å². The van der Waals surface area contributed by atoms with Crippen molar-refractivity contribution in [1.82, 2.24) is 0 Å². The topological polar surface area (TPSA) is 83.5 Å². The quantitative estimate of drug-likeness (QED) is 0.764. The van der Waals surface area contributed by atoms with Gasteiger partial charge in [-0.25, -0.2) is 0 Å². The Hall–Kier alpha value is -3.09. The maximum Gasteiger partial charge on any atom is 0.310 e. The summed E-state index contributed by atoms with van der Waals surface area (Å²) in [5, 5.41) is 10.4. The number of phenols is 1. The lowest BCUT2D eigenvalue weighted by Gasteiger charge is -2.34. The molecule has 2 aliphatic heterocycles. The van der Waals surface area contributed by atoms with Crippen molar-refractivity contribution in [2.75, 3.05) is 34.0 Å². The Balaban J connectivity index is 1.67. The van der Waals surface area contributed by atoms with Crippen molar-refractivity contribution in [3.63, 3.8) is 0 Å². The number of aromatic hydroxyl groups is 1. The third kappa shape index (κ3) is 2.91. The van der Waals surface area contributed by atoms with Gasteiger partial charge in [0.1, 0.15) is 13.2 Å². The molecule has 1 aromatic rings. The molecule has 3 atom stereocenters. The van der Waals surface area contributed by atoms with Gasteiger partial charge in [-0.2, -0.15) is 0 Å². The molecule has 0 radical (unpaired) electrons. The highest BCUT2D eigenvalue weighted by atomic mass is 16.6. The van der Waals surface area contributed by atoms with E-state index in [1.54, 1.807) is 12.1 Å². The lowest BCUT2D eigenvalue weighted by molar-refractivity contribution is -0.141. The summed E-state index contributed by atoms with van der Waals surface area (Å²) in [6.07, 6.45) is 5.47. The number of carbonyl (C=O) groups excluding carboxylic acids is 1. The first-order chi connectivity index (χ1) is 14.6. The summed E-state index contributed by atoms with van der Waals surface area (Å²) < 4.78 is 27.8. The number of methoxy groups -OCH3 is 2. The largest absolute Gasteiger partial charge is 0.502 e. The van der Waals surface area contributed by atoms with Gasteiger partial charge < -0.3 is 28.8 Å². The summed E-state index contributed by atoms with van der Waals surface area (Å²) in [6, 6.07) is 3.57. The number of esters is 1. The molecule has 158 valence electrons. The van der Waals surface area contributed by atoms with Gasteiger partial charge in [0, 0.05) is 11.8 Å². The second-order valence-corrected chi connectivity index (χ2v) is 7.90. The number of hydrogen-bond donors (Lipinski definition) is 1. The second-order valence-electron chi connectivity index (χ2n) is 7.90. The molecule has 7 heteroatoms. The number of carbonyl (C=O) groups is 1. The first kappa shape index (κ1) is 18.9. The third-order valence-corrected chi connectivity index (χ3v) is 6.36. The van der Waals surface area contributed by atoms with Crippen LogP contribution >= 0.6 is 0 Å². The number of benzene rings is 1. The van der Waals surface area contributed by atoms with Crippen LogP contribution in [-0.2, 0) is 19.0 Å². The molecular formula is C23H24O7. The molecular weight excluding hydrogens is 388 g/mol. The first-order valence-electron chi connectivity index (χ1n) is 10.1. The van der Waals surface area contributed by atoms with Crippen molar-refractivity contribution in [2.24, 2.45) is 11.8 Å². The summed E-state index contributed by atoms with van der Waals surface area (Å²) in [4.78, 5) is 12.7. The number of phenolic OH excluding ortho intramolecular Hbond substituents is 1. The predicted molar refractivity (Wildman–Crippen MR) is 106 cm³/mol. The van der Waals surface area contributed by atoms with Gasteiger partial charge in [0.2, 0.25) is 5.75 Å². The summed E-state index contributed by atoms with van der Waals surface area (Å²) in [6.45, 7) is 1.46. The third-order valence-electron chi connectivity index (χ3n) is 6.36. The van der Waals surface area contributed by atoms with Gasteiger partial charge in [-0.3, -0.25) is 4.79 Å². The van der Waals surface area contributed by atoms with Gasteiger partial charge in [-0.1, -0.05) is 5.57 Å². The minimum atomic E-state index is -0.290. The fraction of sp³-hybridized carbons (Fsp3) is 0.435. The Bertz CT molecular complexity index is 962. The molecule has 0 aromatic heterocycles. The second kappa shape index (κ2) is 7.31. The van der Waals surface area contributed by atoms with Crippen LogP contribution in [-0.4, -0.2) is 45.1 Å². The monoisotopic (exact) mass is 412 g/mol. The van der Waals surface area contributed by atoms with Gasteiger partial charge in [0.05, 0.1) is 26.7 Å². The van der Waals surface area contributed by atoms with Crippen LogP contribution in [0.4, 0.5) is 0 Å². The summed E-state index contributed by atoms with van der Waals surface area (Å²) >= 11 is 0. The molecule has 5 rings (SSSR count). The van der Waals surface area contributed by atoms with E-state index in [-0.39, 0.29) is 29.5 Å². The molecule has 2 saturated heterocycles. The van der Waals surface area contributed by atoms with E-state index in [2.05, 4.69) is 0 Å². The molecule has 3 unspecified atom stereocenters. The molecule has 0 saturated carbocycles.